The molecule has 2 heterocycles. The van der Waals surface area contributed by atoms with Crippen molar-refractivity contribution < 1.29 is 14.7 Å². The molecule has 202 valence electrons. The quantitative estimate of drug-likeness (QED) is 0.356. The highest BCUT2D eigenvalue weighted by Gasteiger charge is 2.26. The molecule has 1 fully saturated rings. The fourth-order valence-corrected chi connectivity index (χ4v) is 4.94. The molecule has 2 amide bonds. The van der Waals surface area contributed by atoms with Crippen LogP contribution in [0.4, 0.5) is 22.7 Å². The van der Waals surface area contributed by atoms with Crippen molar-refractivity contribution in [2.45, 2.75) is 32.3 Å². The number of piperidine rings is 1. The number of aliphatic hydroxyl groups excluding tert-OH is 1. The molecule has 0 saturated carbocycles. The van der Waals surface area contributed by atoms with Gasteiger partial charge in [0.1, 0.15) is 5.69 Å². The van der Waals surface area contributed by atoms with Gasteiger partial charge < -0.3 is 30.5 Å². The number of aromatic nitrogens is 2. The third kappa shape index (κ3) is 6.56. The average molecular weight is 527 g/mol. The zero-order chi connectivity index (χ0) is 27.4. The minimum atomic E-state index is -0.258. The molecule has 0 radical (unpaired) electrons. The molecule has 1 unspecified atom stereocenters. The van der Waals surface area contributed by atoms with Crippen LogP contribution in [0, 0.1) is 5.92 Å². The highest BCUT2D eigenvalue weighted by molar-refractivity contribution is 6.04. The first kappa shape index (κ1) is 26.2. The molecular weight excluding hydrogens is 492 g/mol. The Labute approximate surface area is 228 Å². The maximum Gasteiger partial charge on any atom is 0.275 e. The Kier molecular flexibility index (Phi) is 7.79. The highest BCUT2D eigenvalue weighted by atomic mass is 16.3. The number of carbonyl (C=O) groups is 2. The normalized spacial score (nSPS) is 17.7. The van der Waals surface area contributed by atoms with Crippen LogP contribution in [-0.2, 0) is 11.8 Å². The summed E-state index contributed by atoms with van der Waals surface area (Å²) in [7, 11) is 1.82. The smallest absolute Gasteiger partial charge is 0.275 e. The van der Waals surface area contributed by atoms with Crippen molar-refractivity contribution in [1.82, 2.24) is 14.5 Å². The van der Waals surface area contributed by atoms with Gasteiger partial charge in [-0.25, -0.2) is 4.98 Å². The largest absolute Gasteiger partial charge is 0.393 e. The molecule has 2 aliphatic rings. The van der Waals surface area contributed by atoms with E-state index < -0.39 is 0 Å². The number of hydrogen-bond donors (Lipinski definition) is 4. The van der Waals surface area contributed by atoms with Crippen molar-refractivity contribution in [3.8, 4) is 0 Å². The van der Waals surface area contributed by atoms with E-state index in [2.05, 4.69) is 38.8 Å². The van der Waals surface area contributed by atoms with Gasteiger partial charge in [-0.3, -0.25) is 9.59 Å². The second-order valence-electron chi connectivity index (χ2n) is 10.2. The summed E-state index contributed by atoms with van der Waals surface area (Å²) in [6.07, 6.45) is 9.32. The molecule has 3 aromatic rings. The average Bonchev–Trinajstić information content (AvgIpc) is 3.38. The predicted octanol–water partition coefficient (Wildman–Crippen LogP) is 4.66. The number of anilines is 4. The lowest BCUT2D eigenvalue weighted by Crippen LogP contribution is -2.37. The lowest BCUT2D eigenvalue weighted by Gasteiger charge is -2.37. The van der Waals surface area contributed by atoms with Gasteiger partial charge in [0.25, 0.3) is 11.8 Å². The van der Waals surface area contributed by atoms with E-state index in [1.807, 2.05) is 61.7 Å². The van der Waals surface area contributed by atoms with Gasteiger partial charge in [0.05, 0.1) is 12.4 Å². The Morgan fingerprint density at radius 2 is 1.44 bits per heavy atom. The van der Waals surface area contributed by atoms with E-state index in [0.717, 1.165) is 48.6 Å². The van der Waals surface area contributed by atoms with Crippen LogP contribution >= 0.6 is 0 Å². The number of amides is 2. The van der Waals surface area contributed by atoms with Gasteiger partial charge >= 0.3 is 0 Å². The standard InChI is InChI=1S/C30H34N6O3/c1-20-17-21(3-12-28(20)36-15-13-26(37)14-16-36)29(38)33-24-8-4-22(5-9-24)32-23-6-10-25(11-7-23)34-30(39)27-18-35(2)19-31-27/h3-12,18-20,26,32,37H,13-17H2,1-2H3,(H,33,38)(H,34,39). The Bertz CT molecular complexity index is 1380. The zero-order valence-electron chi connectivity index (χ0n) is 22.2. The van der Waals surface area contributed by atoms with E-state index in [4.69, 9.17) is 0 Å². The Morgan fingerprint density at radius 3 is 1.97 bits per heavy atom. The minimum Gasteiger partial charge on any atom is -0.393 e. The Hall–Kier alpha value is -4.37. The molecule has 4 N–H and O–H groups in total. The van der Waals surface area contributed by atoms with Crippen LogP contribution in [0.5, 0.6) is 0 Å². The van der Waals surface area contributed by atoms with Gasteiger partial charge in [-0.2, -0.15) is 0 Å². The number of rotatable bonds is 7. The summed E-state index contributed by atoms with van der Waals surface area (Å²) in [6.45, 7) is 3.87. The van der Waals surface area contributed by atoms with Crippen LogP contribution in [0.2, 0.25) is 0 Å². The number of imidazole rings is 1. The monoisotopic (exact) mass is 526 g/mol. The topological polar surface area (TPSA) is 112 Å². The van der Waals surface area contributed by atoms with Crippen molar-refractivity contribution in [3.05, 3.63) is 90.2 Å². The van der Waals surface area contributed by atoms with E-state index in [-0.39, 0.29) is 23.8 Å². The van der Waals surface area contributed by atoms with Crippen LogP contribution < -0.4 is 16.0 Å². The van der Waals surface area contributed by atoms with Crippen molar-refractivity contribution in [3.63, 3.8) is 0 Å². The first-order chi connectivity index (χ1) is 18.8. The van der Waals surface area contributed by atoms with Crippen molar-refractivity contribution >= 4 is 34.6 Å². The number of likely N-dealkylation sites (tertiary alicyclic amines) is 1. The molecule has 9 heteroatoms. The Balaban J connectivity index is 1.14. The molecule has 0 spiro atoms. The van der Waals surface area contributed by atoms with Crippen molar-refractivity contribution in [1.29, 1.82) is 0 Å². The molecule has 1 aliphatic heterocycles. The molecule has 39 heavy (non-hydrogen) atoms. The molecule has 1 aromatic heterocycles. The molecular formula is C30H34N6O3. The summed E-state index contributed by atoms with van der Waals surface area (Å²) in [5.41, 5.74) is 5.53. The lowest BCUT2D eigenvalue weighted by molar-refractivity contribution is -0.113. The minimum absolute atomic E-state index is 0.0877. The predicted molar refractivity (Wildman–Crippen MR) is 153 cm³/mol. The van der Waals surface area contributed by atoms with Crippen LogP contribution in [0.25, 0.3) is 0 Å². The third-order valence-electron chi connectivity index (χ3n) is 7.12. The maximum absolute atomic E-state index is 12.9. The highest BCUT2D eigenvalue weighted by Crippen LogP contribution is 2.30. The first-order valence-electron chi connectivity index (χ1n) is 13.3. The number of carbonyl (C=O) groups excluding carboxylic acids is 2. The maximum atomic E-state index is 12.9. The number of aliphatic hydroxyl groups is 1. The first-order valence-corrected chi connectivity index (χ1v) is 13.3. The molecule has 9 nitrogen and oxygen atoms in total. The van der Waals surface area contributed by atoms with E-state index in [1.165, 1.54) is 5.70 Å². The summed E-state index contributed by atoms with van der Waals surface area (Å²) in [5, 5.41) is 18.9. The fourth-order valence-electron chi connectivity index (χ4n) is 4.94. The number of aryl methyl sites for hydroxylation is 1. The number of nitrogens with zero attached hydrogens (tertiary/aromatic N) is 3. The van der Waals surface area contributed by atoms with Crippen LogP contribution in [0.3, 0.4) is 0 Å². The van der Waals surface area contributed by atoms with E-state index >= 15 is 0 Å². The van der Waals surface area contributed by atoms with Crippen LogP contribution in [0.15, 0.2) is 84.5 Å². The molecule has 2 aromatic carbocycles. The number of allylic oxidation sites excluding steroid dienone is 3. The molecule has 1 aliphatic carbocycles. The summed E-state index contributed by atoms with van der Waals surface area (Å²) in [6, 6.07) is 15.0. The number of hydrogen-bond acceptors (Lipinski definition) is 6. The molecule has 1 atom stereocenters. The molecule has 0 bridgehead atoms. The zero-order valence-corrected chi connectivity index (χ0v) is 22.2. The van der Waals surface area contributed by atoms with Gasteiger partial charge in [-0.1, -0.05) is 13.0 Å². The number of nitrogens with one attached hydrogen (secondary N) is 3. The summed E-state index contributed by atoms with van der Waals surface area (Å²) >= 11 is 0. The third-order valence-corrected chi connectivity index (χ3v) is 7.12. The fraction of sp³-hybridized carbons (Fsp3) is 0.300. The summed E-state index contributed by atoms with van der Waals surface area (Å²) < 4.78 is 1.73. The summed E-state index contributed by atoms with van der Waals surface area (Å²) in [5.74, 6) is -0.0888. The van der Waals surface area contributed by atoms with Crippen molar-refractivity contribution in [2.75, 3.05) is 29.0 Å². The second kappa shape index (κ2) is 11.6. The molecule has 5 rings (SSSR count). The SMILES string of the molecule is CC1CC(C(=O)Nc2ccc(Nc3ccc(NC(=O)c4cn(C)cn4)cc3)cc2)=CC=C1N1CCC(O)CC1. The Morgan fingerprint density at radius 1 is 0.872 bits per heavy atom. The molecule has 1 saturated heterocycles. The second-order valence-corrected chi connectivity index (χ2v) is 10.2. The van der Waals surface area contributed by atoms with Gasteiger partial charge in [0, 0.05) is 66.3 Å². The lowest BCUT2D eigenvalue weighted by atomic mass is 9.90. The van der Waals surface area contributed by atoms with Gasteiger partial charge in [-0.15, -0.1) is 0 Å². The summed E-state index contributed by atoms with van der Waals surface area (Å²) in [4.78, 5) is 31.6. The van der Waals surface area contributed by atoms with Crippen LogP contribution in [-0.4, -0.2) is 50.6 Å². The van der Waals surface area contributed by atoms with Crippen LogP contribution in [0.1, 0.15) is 36.7 Å². The van der Waals surface area contributed by atoms with E-state index in [0.29, 0.717) is 17.8 Å². The van der Waals surface area contributed by atoms with E-state index in [1.54, 1.807) is 17.1 Å². The van der Waals surface area contributed by atoms with Gasteiger partial charge in [0.2, 0.25) is 0 Å². The van der Waals surface area contributed by atoms with Crippen molar-refractivity contribution in [2.24, 2.45) is 13.0 Å². The van der Waals surface area contributed by atoms with E-state index in [9.17, 15) is 14.7 Å². The van der Waals surface area contributed by atoms with Gasteiger partial charge in [0.15, 0.2) is 0 Å². The number of benzene rings is 2. The van der Waals surface area contributed by atoms with Gasteiger partial charge in [-0.05, 0) is 73.9 Å².